The molecule has 3 nitrogen and oxygen atoms in total. The Labute approximate surface area is 169 Å². The van der Waals surface area contributed by atoms with Crippen LogP contribution in [-0.4, -0.2) is 8.42 Å². The molecule has 0 saturated heterocycles. The van der Waals surface area contributed by atoms with Gasteiger partial charge in [-0.25, -0.2) is 21.9 Å². The zero-order valence-electron chi connectivity index (χ0n) is 15.9. The molecule has 150 valence electrons. The zero-order chi connectivity index (χ0) is 21.0. The molecule has 1 atom stereocenters. The molecule has 0 saturated carbocycles. The van der Waals surface area contributed by atoms with Crippen molar-refractivity contribution < 1.29 is 17.2 Å². The van der Waals surface area contributed by atoms with Crippen LogP contribution in [0.15, 0.2) is 84.3 Å². The van der Waals surface area contributed by atoms with Crippen LogP contribution in [0.4, 0.5) is 8.78 Å². The number of benzene rings is 3. The maximum absolute atomic E-state index is 14.5. The number of nitrogens with one attached hydrogen (secondary N) is 1. The Kier molecular flexibility index (Phi) is 6.25. The zero-order valence-corrected chi connectivity index (χ0v) is 16.7. The fourth-order valence-corrected chi connectivity index (χ4v) is 4.23. The van der Waals surface area contributed by atoms with E-state index in [4.69, 9.17) is 0 Å². The quantitative estimate of drug-likeness (QED) is 0.564. The predicted octanol–water partition coefficient (Wildman–Crippen LogP) is 5.40. The number of halogens is 2. The van der Waals surface area contributed by atoms with Crippen molar-refractivity contribution in [3.63, 3.8) is 0 Å². The van der Waals surface area contributed by atoms with Gasteiger partial charge in [0.25, 0.3) is 0 Å². The van der Waals surface area contributed by atoms with Crippen LogP contribution in [0.1, 0.15) is 29.2 Å². The summed E-state index contributed by atoms with van der Waals surface area (Å²) in [5, 5.41) is 0. The maximum Gasteiger partial charge on any atom is 0.241 e. The molecule has 0 radical (unpaired) electrons. The van der Waals surface area contributed by atoms with E-state index in [1.54, 1.807) is 12.1 Å². The second kappa shape index (κ2) is 8.68. The van der Waals surface area contributed by atoms with E-state index in [0.717, 1.165) is 23.3 Å². The first-order valence-electron chi connectivity index (χ1n) is 9.03. The fourth-order valence-electron chi connectivity index (χ4n) is 3.01. The molecule has 0 aromatic heterocycles. The highest BCUT2D eigenvalue weighted by Gasteiger charge is 2.25. The van der Waals surface area contributed by atoms with E-state index in [2.05, 4.69) is 11.3 Å². The molecule has 0 aliphatic heterocycles. The van der Waals surface area contributed by atoms with Crippen LogP contribution in [0, 0.1) is 18.6 Å². The van der Waals surface area contributed by atoms with E-state index >= 15 is 0 Å². The van der Waals surface area contributed by atoms with E-state index in [1.807, 2.05) is 37.3 Å². The molecule has 0 fully saturated rings. The summed E-state index contributed by atoms with van der Waals surface area (Å²) in [5.74, 6) is -1.55. The fraction of sp³-hybridized carbons (Fsp3) is 0.130. The molecule has 0 amide bonds. The van der Waals surface area contributed by atoms with Crippen LogP contribution in [0.5, 0.6) is 0 Å². The Hall–Kier alpha value is -2.83. The van der Waals surface area contributed by atoms with Crippen molar-refractivity contribution in [2.45, 2.75) is 24.3 Å². The molecule has 0 spiro atoms. The van der Waals surface area contributed by atoms with Crippen molar-refractivity contribution in [3.8, 4) is 0 Å². The molecule has 0 bridgehead atoms. The van der Waals surface area contributed by atoms with Crippen LogP contribution in [0.3, 0.4) is 0 Å². The number of aryl methyl sites for hydroxylation is 1. The number of hydrogen-bond acceptors (Lipinski definition) is 2. The minimum Gasteiger partial charge on any atom is -0.207 e. The summed E-state index contributed by atoms with van der Waals surface area (Å²) in [5.41, 5.74) is 2.42. The van der Waals surface area contributed by atoms with E-state index in [9.17, 15) is 17.2 Å². The monoisotopic (exact) mass is 413 g/mol. The summed E-state index contributed by atoms with van der Waals surface area (Å²) in [7, 11) is -3.93. The molecule has 0 aliphatic rings. The molecule has 1 N–H and O–H groups in total. The topological polar surface area (TPSA) is 46.2 Å². The Morgan fingerprint density at radius 3 is 2.28 bits per heavy atom. The summed E-state index contributed by atoms with van der Waals surface area (Å²) in [6.07, 6.45) is 0.123. The van der Waals surface area contributed by atoms with E-state index in [1.165, 1.54) is 18.2 Å². The van der Waals surface area contributed by atoms with Crippen molar-refractivity contribution in [3.05, 3.63) is 108 Å². The number of rotatable bonds is 7. The van der Waals surface area contributed by atoms with E-state index in [-0.39, 0.29) is 16.9 Å². The van der Waals surface area contributed by atoms with Gasteiger partial charge >= 0.3 is 0 Å². The summed E-state index contributed by atoms with van der Waals surface area (Å²) in [4.78, 5) is 0.0703. The summed E-state index contributed by atoms with van der Waals surface area (Å²) >= 11 is 0. The summed E-state index contributed by atoms with van der Waals surface area (Å²) < 4.78 is 56.2. The lowest BCUT2D eigenvalue weighted by Gasteiger charge is -2.21. The maximum atomic E-state index is 14.5. The normalized spacial score (nSPS) is 12.5. The van der Waals surface area contributed by atoms with Crippen LogP contribution in [-0.2, 0) is 10.0 Å². The molecule has 3 aromatic carbocycles. The van der Waals surface area contributed by atoms with Crippen molar-refractivity contribution in [1.82, 2.24) is 4.72 Å². The molecular formula is C23H21F2NO2S. The van der Waals surface area contributed by atoms with Crippen LogP contribution in [0.2, 0.25) is 0 Å². The highest BCUT2D eigenvalue weighted by Crippen LogP contribution is 2.30. The molecular weight excluding hydrogens is 392 g/mol. The Morgan fingerprint density at radius 2 is 1.66 bits per heavy atom. The first kappa shape index (κ1) is 20.9. The molecule has 0 heterocycles. The van der Waals surface area contributed by atoms with Gasteiger partial charge in [-0.1, -0.05) is 60.7 Å². The lowest BCUT2D eigenvalue weighted by molar-refractivity contribution is 0.530. The van der Waals surface area contributed by atoms with Gasteiger partial charge in [0.1, 0.15) is 11.6 Å². The first-order chi connectivity index (χ1) is 13.8. The Bertz CT molecular complexity index is 1110. The van der Waals surface area contributed by atoms with Crippen LogP contribution in [0.25, 0.3) is 5.57 Å². The smallest absolute Gasteiger partial charge is 0.207 e. The molecule has 1 unspecified atom stereocenters. The average molecular weight is 413 g/mol. The predicted molar refractivity (Wildman–Crippen MR) is 111 cm³/mol. The van der Waals surface area contributed by atoms with Gasteiger partial charge in [-0.05, 0) is 42.7 Å². The second-order valence-corrected chi connectivity index (χ2v) is 8.54. The van der Waals surface area contributed by atoms with Crippen molar-refractivity contribution in [2.24, 2.45) is 0 Å². The first-order valence-corrected chi connectivity index (χ1v) is 10.5. The van der Waals surface area contributed by atoms with E-state index < -0.39 is 27.7 Å². The third-order valence-electron chi connectivity index (χ3n) is 4.60. The van der Waals surface area contributed by atoms with Crippen LogP contribution < -0.4 is 4.72 Å². The molecule has 29 heavy (non-hydrogen) atoms. The summed E-state index contributed by atoms with van der Waals surface area (Å²) in [6, 6.07) is 17.7. The third kappa shape index (κ3) is 5.16. The molecule has 3 rings (SSSR count). The van der Waals surface area contributed by atoms with Gasteiger partial charge in [0, 0.05) is 11.6 Å². The number of hydrogen-bond donors (Lipinski definition) is 1. The highest BCUT2D eigenvalue weighted by molar-refractivity contribution is 7.89. The minimum atomic E-state index is -3.93. The largest absolute Gasteiger partial charge is 0.241 e. The second-order valence-electron chi connectivity index (χ2n) is 6.83. The molecule has 6 heteroatoms. The lowest BCUT2D eigenvalue weighted by Crippen LogP contribution is -2.29. The highest BCUT2D eigenvalue weighted by atomic mass is 32.2. The van der Waals surface area contributed by atoms with Crippen molar-refractivity contribution in [2.75, 3.05) is 0 Å². The van der Waals surface area contributed by atoms with Crippen LogP contribution >= 0.6 is 0 Å². The standard InChI is InChI=1S/C23H21F2NO2S/c1-16-8-11-20(12-9-16)29(27,28)26-23(21-13-10-19(24)15-22(21)25)14-17(2)18-6-4-3-5-7-18/h3-13,15,23,26H,2,14H2,1H3. The Morgan fingerprint density at radius 1 is 1.00 bits per heavy atom. The molecule has 0 aliphatic carbocycles. The SMILES string of the molecule is C=C(CC(NS(=O)(=O)c1ccc(C)cc1)c1ccc(F)cc1F)c1ccccc1. The summed E-state index contributed by atoms with van der Waals surface area (Å²) in [6.45, 7) is 5.87. The van der Waals surface area contributed by atoms with Gasteiger partial charge in [0.15, 0.2) is 0 Å². The minimum absolute atomic E-state index is 0.0548. The van der Waals surface area contributed by atoms with Gasteiger partial charge in [0.05, 0.1) is 10.9 Å². The Balaban J connectivity index is 1.96. The number of sulfonamides is 1. The van der Waals surface area contributed by atoms with Gasteiger partial charge < -0.3 is 0 Å². The lowest BCUT2D eigenvalue weighted by atomic mass is 9.96. The molecule has 3 aromatic rings. The van der Waals surface area contributed by atoms with Gasteiger partial charge in [-0.2, -0.15) is 0 Å². The van der Waals surface area contributed by atoms with Gasteiger partial charge in [-0.15, -0.1) is 0 Å². The average Bonchev–Trinajstić information content (AvgIpc) is 2.68. The van der Waals surface area contributed by atoms with Gasteiger partial charge in [-0.3, -0.25) is 0 Å². The van der Waals surface area contributed by atoms with Crippen molar-refractivity contribution >= 4 is 15.6 Å². The van der Waals surface area contributed by atoms with E-state index in [0.29, 0.717) is 5.57 Å². The third-order valence-corrected chi connectivity index (χ3v) is 6.09. The van der Waals surface area contributed by atoms with Crippen molar-refractivity contribution in [1.29, 1.82) is 0 Å². The van der Waals surface area contributed by atoms with Gasteiger partial charge in [0.2, 0.25) is 10.0 Å².